The van der Waals surface area contributed by atoms with Gasteiger partial charge in [-0.3, -0.25) is 14.2 Å². The van der Waals surface area contributed by atoms with Gasteiger partial charge in [-0.15, -0.1) is 0 Å². The van der Waals surface area contributed by atoms with E-state index in [0.29, 0.717) is 59.4 Å². The van der Waals surface area contributed by atoms with Crippen molar-refractivity contribution in [2.24, 2.45) is 0 Å². The first-order chi connectivity index (χ1) is 20.5. The molecule has 3 heterocycles. The van der Waals surface area contributed by atoms with E-state index in [2.05, 4.69) is 10.2 Å². The zero-order chi connectivity index (χ0) is 29.1. The lowest BCUT2D eigenvalue weighted by atomic mass is 10.2. The van der Waals surface area contributed by atoms with Crippen LogP contribution in [0.3, 0.4) is 0 Å². The van der Waals surface area contributed by atoms with Crippen LogP contribution in [0.15, 0.2) is 70.6 Å². The van der Waals surface area contributed by atoms with Crippen LogP contribution in [-0.2, 0) is 16.1 Å². The summed E-state index contributed by atoms with van der Waals surface area (Å²) in [5.74, 6) is 1.79. The van der Waals surface area contributed by atoms with Crippen LogP contribution in [-0.4, -0.2) is 60.9 Å². The number of thioether (sulfide) groups is 1. The molecule has 0 saturated carbocycles. The van der Waals surface area contributed by atoms with Gasteiger partial charge in [-0.1, -0.05) is 30.8 Å². The fraction of sp³-hybridized carbons (Fsp3) is 0.323. The number of nitrogens with zero attached hydrogens (tertiary/aromatic N) is 3. The Bertz CT molecular complexity index is 1650. The smallest absolute Gasteiger partial charge is 0.262 e. The first-order valence-electron chi connectivity index (χ1n) is 13.9. The normalized spacial score (nSPS) is 15.0. The number of hydrogen-bond donors (Lipinski definition) is 1. The van der Waals surface area contributed by atoms with Crippen molar-refractivity contribution >= 4 is 39.9 Å². The molecule has 3 aromatic carbocycles. The standard InChI is InChI=1S/C31H32N4O6S/c1-3-28(29(36)32-21-6-11-26-27(16-21)41-19-40-26)42-31-33-25-10-7-22(34-12-14-39-15-13-34)17-24(25)30(37)35(31)18-20-4-8-23(38-2)9-5-20/h4-11,16-17,28H,3,12-15,18-19H2,1-2H3,(H,32,36)/t28-/m1/s1. The van der Waals surface area contributed by atoms with Gasteiger partial charge in [-0.2, -0.15) is 0 Å². The second kappa shape index (κ2) is 12.3. The van der Waals surface area contributed by atoms with Crippen molar-refractivity contribution in [3.63, 3.8) is 0 Å². The van der Waals surface area contributed by atoms with Gasteiger partial charge in [0.15, 0.2) is 16.7 Å². The first kappa shape index (κ1) is 27.9. The van der Waals surface area contributed by atoms with Gasteiger partial charge in [0.05, 0.1) is 43.0 Å². The number of aromatic nitrogens is 2. The Kier molecular flexibility index (Phi) is 8.20. The summed E-state index contributed by atoms with van der Waals surface area (Å²) >= 11 is 1.29. The van der Waals surface area contributed by atoms with Crippen LogP contribution >= 0.6 is 11.8 Å². The number of anilines is 2. The molecule has 1 amide bonds. The molecule has 11 heteroatoms. The van der Waals surface area contributed by atoms with Crippen molar-refractivity contribution in [1.29, 1.82) is 0 Å². The summed E-state index contributed by atoms with van der Waals surface area (Å²) in [5, 5.41) is 3.51. The van der Waals surface area contributed by atoms with E-state index in [-0.39, 0.29) is 18.3 Å². The Morgan fingerprint density at radius 3 is 2.60 bits per heavy atom. The van der Waals surface area contributed by atoms with Gasteiger partial charge in [0, 0.05) is 30.5 Å². The van der Waals surface area contributed by atoms with E-state index in [1.807, 2.05) is 49.4 Å². The number of carbonyl (C=O) groups is 1. The molecule has 1 saturated heterocycles. The van der Waals surface area contributed by atoms with E-state index in [0.717, 1.165) is 30.1 Å². The van der Waals surface area contributed by atoms with Gasteiger partial charge in [0.1, 0.15) is 5.75 Å². The van der Waals surface area contributed by atoms with E-state index in [9.17, 15) is 9.59 Å². The van der Waals surface area contributed by atoms with Crippen LogP contribution in [0.2, 0.25) is 0 Å². The van der Waals surface area contributed by atoms with Crippen molar-refractivity contribution in [2.75, 3.05) is 50.4 Å². The molecule has 0 aliphatic carbocycles. The molecule has 2 aliphatic rings. The van der Waals surface area contributed by atoms with Gasteiger partial charge >= 0.3 is 0 Å². The van der Waals surface area contributed by atoms with Crippen molar-refractivity contribution in [3.05, 3.63) is 76.6 Å². The molecule has 0 radical (unpaired) electrons. The molecule has 0 unspecified atom stereocenters. The third-order valence-electron chi connectivity index (χ3n) is 7.33. The lowest BCUT2D eigenvalue weighted by Crippen LogP contribution is -2.36. The van der Waals surface area contributed by atoms with Crippen LogP contribution in [0.1, 0.15) is 18.9 Å². The topological polar surface area (TPSA) is 104 Å². The zero-order valence-corrected chi connectivity index (χ0v) is 24.3. The summed E-state index contributed by atoms with van der Waals surface area (Å²) in [6, 6.07) is 18.7. The molecule has 1 aromatic heterocycles. The van der Waals surface area contributed by atoms with Gasteiger partial charge in [-0.05, 0) is 54.4 Å². The second-order valence-corrected chi connectivity index (χ2v) is 11.2. The monoisotopic (exact) mass is 588 g/mol. The molecule has 0 bridgehead atoms. The van der Waals surface area contributed by atoms with E-state index in [1.165, 1.54) is 11.8 Å². The zero-order valence-electron chi connectivity index (χ0n) is 23.5. The molecule has 42 heavy (non-hydrogen) atoms. The molecule has 1 fully saturated rings. The number of nitrogens with one attached hydrogen (secondary N) is 1. The number of rotatable bonds is 9. The predicted octanol–water partition coefficient (Wildman–Crippen LogP) is 4.53. The SMILES string of the molecule is CC[C@@H](Sc1nc2ccc(N3CCOCC3)cc2c(=O)n1Cc1ccc(OC)cc1)C(=O)Nc1ccc2c(c1)OCO2. The first-order valence-corrected chi connectivity index (χ1v) is 14.8. The maximum absolute atomic E-state index is 14.1. The molecule has 218 valence electrons. The highest BCUT2D eigenvalue weighted by Gasteiger charge is 2.24. The summed E-state index contributed by atoms with van der Waals surface area (Å²) in [5.41, 5.74) is 2.94. The van der Waals surface area contributed by atoms with Crippen LogP contribution in [0, 0.1) is 0 Å². The average molecular weight is 589 g/mol. The number of hydrogen-bond acceptors (Lipinski definition) is 9. The molecule has 10 nitrogen and oxygen atoms in total. The predicted molar refractivity (Wildman–Crippen MR) is 162 cm³/mol. The minimum atomic E-state index is -0.491. The van der Waals surface area contributed by atoms with Crippen LogP contribution in [0.5, 0.6) is 17.2 Å². The van der Waals surface area contributed by atoms with Gasteiger partial charge in [-0.25, -0.2) is 4.98 Å². The number of carbonyl (C=O) groups excluding carboxylic acids is 1. The number of ether oxygens (including phenoxy) is 4. The van der Waals surface area contributed by atoms with Crippen molar-refractivity contribution < 1.29 is 23.7 Å². The van der Waals surface area contributed by atoms with Gasteiger partial charge in [0.2, 0.25) is 12.7 Å². The highest BCUT2D eigenvalue weighted by atomic mass is 32.2. The summed E-state index contributed by atoms with van der Waals surface area (Å²) in [7, 11) is 1.62. The molecule has 1 atom stereocenters. The Morgan fingerprint density at radius 1 is 1.05 bits per heavy atom. The lowest BCUT2D eigenvalue weighted by molar-refractivity contribution is -0.115. The number of amides is 1. The maximum Gasteiger partial charge on any atom is 0.262 e. The number of fused-ring (bicyclic) bond motifs is 2. The third kappa shape index (κ3) is 5.88. The molecule has 1 N–H and O–H groups in total. The second-order valence-electron chi connectivity index (χ2n) is 10.0. The Labute approximate surface area is 247 Å². The Morgan fingerprint density at radius 2 is 1.83 bits per heavy atom. The molecule has 2 aliphatic heterocycles. The molecule has 6 rings (SSSR count). The van der Waals surface area contributed by atoms with Gasteiger partial charge < -0.3 is 29.2 Å². The molecular formula is C31H32N4O6S. The highest BCUT2D eigenvalue weighted by molar-refractivity contribution is 8.00. The quantitative estimate of drug-likeness (QED) is 0.223. The van der Waals surface area contributed by atoms with Crippen molar-refractivity contribution in [2.45, 2.75) is 30.3 Å². The van der Waals surface area contributed by atoms with Gasteiger partial charge in [0.25, 0.3) is 5.56 Å². The molecule has 4 aromatic rings. The van der Waals surface area contributed by atoms with Crippen molar-refractivity contribution in [3.8, 4) is 17.2 Å². The number of benzene rings is 3. The van der Waals surface area contributed by atoms with Crippen LogP contribution < -0.4 is 30.0 Å². The van der Waals surface area contributed by atoms with E-state index >= 15 is 0 Å². The fourth-order valence-electron chi connectivity index (χ4n) is 5.00. The summed E-state index contributed by atoms with van der Waals surface area (Å²) in [6.07, 6.45) is 0.535. The number of methoxy groups -OCH3 is 1. The largest absolute Gasteiger partial charge is 0.497 e. The lowest BCUT2D eigenvalue weighted by Gasteiger charge is -2.29. The Hall–Kier alpha value is -4.22. The maximum atomic E-state index is 14.1. The minimum absolute atomic E-state index is 0.153. The summed E-state index contributed by atoms with van der Waals surface area (Å²) < 4.78 is 23.3. The number of morpholine rings is 1. The summed E-state index contributed by atoms with van der Waals surface area (Å²) in [4.78, 5) is 34.6. The molecular weight excluding hydrogens is 556 g/mol. The van der Waals surface area contributed by atoms with E-state index in [1.54, 1.807) is 29.9 Å². The average Bonchev–Trinajstić information content (AvgIpc) is 3.50. The van der Waals surface area contributed by atoms with E-state index < -0.39 is 5.25 Å². The third-order valence-corrected chi connectivity index (χ3v) is 8.68. The molecule has 0 spiro atoms. The van der Waals surface area contributed by atoms with Crippen LogP contribution in [0.4, 0.5) is 11.4 Å². The van der Waals surface area contributed by atoms with Crippen LogP contribution in [0.25, 0.3) is 10.9 Å². The minimum Gasteiger partial charge on any atom is -0.497 e. The Balaban J connectivity index is 1.33. The van der Waals surface area contributed by atoms with Crippen molar-refractivity contribution in [1.82, 2.24) is 9.55 Å². The summed E-state index contributed by atoms with van der Waals surface area (Å²) in [6.45, 7) is 5.25. The highest BCUT2D eigenvalue weighted by Crippen LogP contribution is 2.35. The fourth-order valence-corrected chi connectivity index (χ4v) is 6.01. The van der Waals surface area contributed by atoms with E-state index in [4.69, 9.17) is 23.9 Å².